The van der Waals surface area contributed by atoms with Gasteiger partial charge >= 0.3 is 6.09 Å². The lowest BCUT2D eigenvalue weighted by Gasteiger charge is -2.20. The number of carbonyl (C=O) groups is 1. The molecule has 2 heterocycles. The van der Waals surface area contributed by atoms with Gasteiger partial charge in [-0.15, -0.1) is 0 Å². The van der Waals surface area contributed by atoms with E-state index in [4.69, 9.17) is 39.5 Å². The number of nitrogens with one attached hydrogen (secondary N) is 1. The van der Waals surface area contributed by atoms with E-state index in [1.54, 1.807) is 18.2 Å². The first-order valence-electron chi connectivity index (χ1n) is 8.46. The summed E-state index contributed by atoms with van der Waals surface area (Å²) >= 11 is 18.8. The number of fused-ring (bicyclic) bond motifs is 1. The number of aromatic nitrogens is 3. The van der Waals surface area contributed by atoms with E-state index >= 15 is 0 Å². The van der Waals surface area contributed by atoms with E-state index < -0.39 is 11.6 Å². The Hall–Kier alpha value is -2.53. The van der Waals surface area contributed by atoms with E-state index in [1.165, 1.54) is 10.7 Å². The van der Waals surface area contributed by atoms with Gasteiger partial charge in [0.15, 0.2) is 5.65 Å². The minimum absolute atomic E-state index is 0.0919. The lowest BCUT2D eigenvalue weighted by atomic mass is 10.0. The molecule has 0 saturated carbocycles. The number of benzene rings is 1. The van der Waals surface area contributed by atoms with Gasteiger partial charge in [0.05, 0.1) is 16.9 Å². The maximum Gasteiger partial charge on any atom is 0.407 e. The second-order valence-electron chi connectivity index (χ2n) is 7.24. The zero-order chi connectivity index (χ0) is 21.3. The van der Waals surface area contributed by atoms with Gasteiger partial charge in [-0.3, -0.25) is 0 Å². The Balaban J connectivity index is 2.09. The largest absolute Gasteiger partial charge is 0.445 e. The van der Waals surface area contributed by atoms with Crippen LogP contribution in [0.15, 0.2) is 24.4 Å². The van der Waals surface area contributed by atoms with Crippen molar-refractivity contribution in [1.29, 1.82) is 5.26 Å². The molecule has 0 aliphatic heterocycles. The Kier molecular flexibility index (Phi) is 5.90. The Morgan fingerprint density at radius 2 is 2.00 bits per heavy atom. The molecule has 1 amide bonds. The van der Waals surface area contributed by atoms with Crippen LogP contribution in [-0.4, -0.2) is 26.2 Å². The highest BCUT2D eigenvalue weighted by molar-refractivity contribution is 6.36. The van der Waals surface area contributed by atoms with Crippen LogP contribution < -0.4 is 5.32 Å². The van der Waals surface area contributed by atoms with E-state index in [-0.39, 0.29) is 17.3 Å². The summed E-state index contributed by atoms with van der Waals surface area (Å²) < 4.78 is 6.80. The number of hydrogen-bond acceptors (Lipinski definition) is 5. The van der Waals surface area contributed by atoms with Crippen molar-refractivity contribution < 1.29 is 9.53 Å². The third-order valence-corrected chi connectivity index (χ3v) is 4.50. The van der Waals surface area contributed by atoms with Crippen LogP contribution in [0.25, 0.3) is 16.9 Å². The molecule has 3 aromatic rings. The van der Waals surface area contributed by atoms with E-state index in [0.717, 1.165) is 0 Å². The molecule has 0 atom stereocenters. The van der Waals surface area contributed by atoms with Gasteiger partial charge in [-0.25, -0.2) is 14.3 Å². The van der Waals surface area contributed by atoms with Crippen molar-refractivity contribution in [1.82, 2.24) is 19.9 Å². The molecule has 0 aliphatic rings. The lowest BCUT2D eigenvalue weighted by Crippen LogP contribution is -2.40. The van der Waals surface area contributed by atoms with Crippen LogP contribution in [0.4, 0.5) is 4.79 Å². The normalized spacial score (nSPS) is 11.3. The number of nitrogens with zero attached hydrogens (tertiary/aromatic N) is 4. The molecule has 29 heavy (non-hydrogen) atoms. The molecule has 0 saturated heterocycles. The van der Waals surface area contributed by atoms with Crippen LogP contribution in [0.1, 0.15) is 31.9 Å². The smallest absolute Gasteiger partial charge is 0.407 e. The molecule has 7 nitrogen and oxygen atoms in total. The summed E-state index contributed by atoms with van der Waals surface area (Å²) in [5.74, 6) is 0. The molecule has 1 N–H and O–H groups in total. The summed E-state index contributed by atoms with van der Waals surface area (Å²) in [6.45, 7) is 5.44. The summed E-state index contributed by atoms with van der Waals surface area (Å²) in [6, 6.07) is 6.79. The second kappa shape index (κ2) is 8.07. The van der Waals surface area contributed by atoms with Crippen LogP contribution in [0, 0.1) is 11.3 Å². The summed E-state index contributed by atoms with van der Waals surface area (Å²) in [5, 5.41) is 17.0. The molecule has 0 aliphatic carbocycles. The fourth-order valence-corrected chi connectivity index (χ4v) is 3.52. The number of alkyl carbamates (subject to hydrolysis) is 1. The summed E-state index contributed by atoms with van der Waals surface area (Å²) in [4.78, 5) is 16.2. The number of nitriles is 1. The summed E-state index contributed by atoms with van der Waals surface area (Å²) in [7, 11) is 0. The fourth-order valence-electron chi connectivity index (χ4n) is 2.70. The first-order chi connectivity index (χ1) is 13.6. The van der Waals surface area contributed by atoms with Crippen molar-refractivity contribution in [3.8, 4) is 17.3 Å². The van der Waals surface area contributed by atoms with Crippen molar-refractivity contribution in [2.45, 2.75) is 32.9 Å². The van der Waals surface area contributed by atoms with Gasteiger partial charge in [-0.1, -0.05) is 34.8 Å². The van der Waals surface area contributed by atoms with Crippen molar-refractivity contribution in [3.05, 3.63) is 50.7 Å². The number of halogens is 3. The first-order valence-corrected chi connectivity index (χ1v) is 9.60. The molecular formula is C19H16Cl3N5O2. The van der Waals surface area contributed by atoms with Crippen LogP contribution in [0.2, 0.25) is 15.2 Å². The van der Waals surface area contributed by atoms with Gasteiger partial charge in [0.25, 0.3) is 0 Å². The van der Waals surface area contributed by atoms with Crippen molar-refractivity contribution in [2.24, 2.45) is 0 Å². The summed E-state index contributed by atoms with van der Waals surface area (Å²) in [6.07, 6.45) is 0.808. The van der Waals surface area contributed by atoms with Gasteiger partial charge in [-0.2, -0.15) is 10.4 Å². The quantitative estimate of drug-likeness (QED) is 0.548. The third kappa shape index (κ3) is 4.73. The lowest BCUT2D eigenvalue weighted by molar-refractivity contribution is 0.131. The zero-order valence-electron chi connectivity index (χ0n) is 15.8. The average Bonchev–Trinajstić information content (AvgIpc) is 3.00. The third-order valence-electron chi connectivity index (χ3n) is 3.79. The maximum absolute atomic E-state index is 12.1. The fraction of sp³-hybridized carbons (Fsp3) is 0.263. The second-order valence-corrected chi connectivity index (χ2v) is 8.47. The van der Waals surface area contributed by atoms with Crippen LogP contribution in [0.3, 0.4) is 0 Å². The molecule has 0 radical (unpaired) electrons. The minimum Gasteiger partial charge on any atom is -0.445 e. The molecular weight excluding hydrogens is 437 g/mol. The Morgan fingerprint density at radius 1 is 1.28 bits per heavy atom. The first kappa shape index (κ1) is 21.2. The van der Waals surface area contributed by atoms with Gasteiger partial charge in [0.2, 0.25) is 0 Å². The molecule has 1 aromatic carbocycles. The molecule has 3 rings (SSSR count). The number of ether oxygens (including phenoxy) is 1. The van der Waals surface area contributed by atoms with E-state index in [9.17, 15) is 10.1 Å². The number of amides is 1. The zero-order valence-corrected chi connectivity index (χ0v) is 18.0. The van der Waals surface area contributed by atoms with Gasteiger partial charge in [-0.05, 0) is 32.9 Å². The minimum atomic E-state index is -0.580. The van der Waals surface area contributed by atoms with Crippen LogP contribution in [0.5, 0.6) is 0 Å². The molecule has 150 valence electrons. The van der Waals surface area contributed by atoms with Crippen molar-refractivity contribution in [2.75, 3.05) is 0 Å². The van der Waals surface area contributed by atoms with Crippen molar-refractivity contribution in [3.63, 3.8) is 0 Å². The molecule has 0 unspecified atom stereocenters. The topological polar surface area (TPSA) is 92.3 Å². The molecule has 0 bridgehead atoms. The summed E-state index contributed by atoms with van der Waals surface area (Å²) in [5.41, 5.74) is 1.66. The predicted molar refractivity (Wildman–Crippen MR) is 111 cm³/mol. The van der Waals surface area contributed by atoms with Gasteiger partial charge < -0.3 is 10.1 Å². The van der Waals surface area contributed by atoms with Gasteiger partial charge in [0.1, 0.15) is 23.4 Å². The molecule has 0 fully saturated rings. The van der Waals surface area contributed by atoms with Gasteiger partial charge in [0, 0.05) is 27.8 Å². The number of hydrogen-bond donors (Lipinski definition) is 1. The van der Waals surface area contributed by atoms with E-state index in [0.29, 0.717) is 32.5 Å². The monoisotopic (exact) mass is 451 g/mol. The highest BCUT2D eigenvalue weighted by Crippen LogP contribution is 2.36. The standard InChI is InChI=1S/C19H16Cl3N5O2/c1-19(2,3)26-18(28)29-9-10-4-12(20)5-13(21)16(10)14-6-15(22)25-17-11(7-23)8-24-27(14)17/h4-6,8H,9H2,1-3H3,(H,26,28). The predicted octanol–water partition coefficient (Wildman–Crippen LogP) is 5.25. The molecule has 10 heteroatoms. The van der Waals surface area contributed by atoms with Crippen LogP contribution in [-0.2, 0) is 11.3 Å². The highest BCUT2D eigenvalue weighted by atomic mass is 35.5. The van der Waals surface area contributed by atoms with Crippen LogP contribution >= 0.6 is 34.8 Å². The van der Waals surface area contributed by atoms with Crippen molar-refractivity contribution >= 4 is 46.5 Å². The van der Waals surface area contributed by atoms with E-state index in [2.05, 4.69) is 15.4 Å². The SMILES string of the molecule is CC(C)(C)NC(=O)OCc1cc(Cl)cc(Cl)c1-c1cc(Cl)nc2c(C#N)cnn12. The van der Waals surface area contributed by atoms with E-state index in [1.807, 2.05) is 26.8 Å². The molecule has 0 spiro atoms. The Bertz CT molecular complexity index is 1150. The number of carbonyl (C=O) groups excluding carboxylic acids is 1. The molecule has 2 aromatic heterocycles. The Labute approximate surface area is 182 Å². The highest BCUT2D eigenvalue weighted by Gasteiger charge is 2.20. The maximum atomic E-state index is 12.1. The average molecular weight is 453 g/mol. The number of rotatable bonds is 3. The Morgan fingerprint density at radius 3 is 2.66 bits per heavy atom.